The highest BCUT2D eigenvalue weighted by Crippen LogP contribution is 2.44. The number of benzene rings is 2. The summed E-state index contributed by atoms with van der Waals surface area (Å²) >= 11 is 0. The summed E-state index contributed by atoms with van der Waals surface area (Å²) in [6.45, 7) is 18.3. The summed E-state index contributed by atoms with van der Waals surface area (Å²) in [4.78, 5) is 62.0. The summed E-state index contributed by atoms with van der Waals surface area (Å²) < 4.78 is 14.1. The second kappa shape index (κ2) is 17.3. The number of phenolic OH excluding ortho intramolecular Hbond substituents is 1. The number of methoxy groups -OCH3 is 1. The van der Waals surface area contributed by atoms with Crippen LogP contribution in [-0.4, -0.2) is 69.4 Å². The molecule has 0 amide bonds. The Labute approximate surface area is 398 Å². The van der Waals surface area contributed by atoms with E-state index in [0.29, 0.717) is 58.8 Å². The van der Waals surface area contributed by atoms with Gasteiger partial charge in [0, 0.05) is 61.2 Å². The smallest absolute Gasteiger partial charge is 0.343 e. The van der Waals surface area contributed by atoms with Gasteiger partial charge in [-0.15, -0.1) is 0 Å². The zero-order valence-corrected chi connectivity index (χ0v) is 42.0. The van der Waals surface area contributed by atoms with Gasteiger partial charge in [0.1, 0.15) is 23.7 Å². The van der Waals surface area contributed by atoms with Crippen LogP contribution in [0.15, 0.2) is 58.1 Å². The number of pyridine rings is 4. The van der Waals surface area contributed by atoms with Gasteiger partial charge in [-0.1, -0.05) is 72.6 Å². The molecule has 13 nitrogen and oxygen atoms in total. The quantitative estimate of drug-likeness (QED) is 0.0929. The number of Topliss-reactive ketones (excluding diaryl/α,β-unsaturated/α-hetero) is 1. The second-order valence-electron chi connectivity index (χ2n) is 21.1. The lowest BCUT2D eigenvalue weighted by Gasteiger charge is -2.32. The van der Waals surface area contributed by atoms with E-state index in [2.05, 4.69) is 39.3 Å². The predicted octanol–water partition coefficient (Wildman–Crippen LogP) is 8.73. The molecule has 10 rings (SSSR count). The van der Waals surface area contributed by atoms with E-state index in [4.69, 9.17) is 19.4 Å². The van der Waals surface area contributed by atoms with Crippen molar-refractivity contribution >= 4 is 49.7 Å². The molecule has 7 heterocycles. The van der Waals surface area contributed by atoms with E-state index in [0.717, 1.165) is 74.9 Å². The molecule has 2 atom stereocenters. The Balaban J connectivity index is 0.000000181. The van der Waals surface area contributed by atoms with Crippen LogP contribution in [0.1, 0.15) is 85.0 Å². The van der Waals surface area contributed by atoms with Crippen LogP contribution in [0, 0.1) is 0 Å². The molecule has 0 radical (unpaired) electrons. The van der Waals surface area contributed by atoms with Gasteiger partial charge in [0.05, 0.1) is 59.6 Å². The summed E-state index contributed by atoms with van der Waals surface area (Å²) in [6.07, 6.45) is 2.69. The Morgan fingerprint density at radius 1 is 0.676 bits per heavy atom. The van der Waals surface area contributed by atoms with Gasteiger partial charge in [-0.05, 0) is 91.8 Å². The average molecular weight is 957 g/mol. The van der Waals surface area contributed by atoms with Crippen molar-refractivity contribution in [1.82, 2.24) is 19.1 Å². The van der Waals surface area contributed by atoms with Crippen molar-refractivity contribution in [2.45, 2.75) is 142 Å². The number of cyclic esters (lactones) is 1. The van der Waals surface area contributed by atoms with E-state index in [-0.39, 0.29) is 55.9 Å². The molecule has 0 saturated heterocycles. The first-order chi connectivity index (χ1) is 31.6. The number of rotatable bonds is 9. The average Bonchev–Trinajstić information content (AvgIpc) is 3.85. The molecule has 2 aromatic carbocycles. The Morgan fingerprint density at radius 2 is 1.18 bits per heavy atom. The predicted molar refractivity (Wildman–Crippen MR) is 271 cm³/mol. The fourth-order valence-corrected chi connectivity index (χ4v) is 12.4. The van der Waals surface area contributed by atoms with Crippen molar-refractivity contribution in [2.24, 2.45) is 0 Å². The van der Waals surface area contributed by atoms with Crippen molar-refractivity contribution in [2.75, 3.05) is 7.11 Å². The molecular formula is C53H64N4O9Si2. The number of hydrogen-bond donors (Lipinski definition) is 3. The Hall–Kier alpha value is -5.75. The topological polar surface area (TPSA) is 183 Å². The number of aromatic nitrogens is 4. The zero-order chi connectivity index (χ0) is 48.1. The maximum atomic E-state index is 13.6. The van der Waals surface area contributed by atoms with Gasteiger partial charge < -0.3 is 33.9 Å². The van der Waals surface area contributed by atoms with E-state index in [1.807, 2.05) is 24.3 Å². The van der Waals surface area contributed by atoms with Gasteiger partial charge in [0.2, 0.25) is 0 Å². The lowest BCUT2D eigenvalue weighted by Crippen LogP contribution is -2.44. The molecule has 15 heteroatoms. The largest absolute Gasteiger partial charge is 0.508 e. The van der Waals surface area contributed by atoms with E-state index in [1.54, 1.807) is 54.4 Å². The number of carbonyl (C=O) groups is 2. The number of esters is 1. The molecule has 0 bridgehead atoms. The van der Waals surface area contributed by atoms with Crippen LogP contribution in [-0.2, 0) is 64.5 Å². The monoisotopic (exact) mass is 956 g/mol. The number of ether oxygens (including phenoxy) is 2. The second-order valence-corrected chi connectivity index (χ2v) is 32.3. The molecular weight excluding hydrogens is 893 g/mol. The third kappa shape index (κ3) is 8.04. The fourth-order valence-electron chi connectivity index (χ4n) is 10.4. The number of hydrogen-bond acceptors (Lipinski definition) is 11. The summed E-state index contributed by atoms with van der Waals surface area (Å²) in [7, 11) is -1.01. The van der Waals surface area contributed by atoms with Crippen LogP contribution in [0.2, 0.25) is 51.4 Å². The third-order valence-corrected chi connectivity index (χ3v) is 17.9. The molecule has 4 aliphatic rings. The zero-order valence-electron chi connectivity index (χ0n) is 40.0. The summed E-state index contributed by atoms with van der Waals surface area (Å²) in [5.74, 6) is 0.0424. The molecule has 68 heavy (non-hydrogen) atoms. The van der Waals surface area contributed by atoms with Gasteiger partial charge in [-0.3, -0.25) is 14.4 Å². The van der Waals surface area contributed by atoms with Crippen LogP contribution in [0.25, 0.3) is 44.6 Å². The van der Waals surface area contributed by atoms with Crippen LogP contribution < -0.4 is 15.9 Å². The number of aromatic hydroxyl groups is 1. The Bertz CT molecular complexity index is 3220. The van der Waals surface area contributed by atoms with E-state index >= 15 is 0 Å². The summed E-state index contributed by atoms with van der Waals surface area (Å²) in [5, 5.41) is 34.4. The minimum Gasteiger partial charge on any atom is -0.508 e. The first-order valence-corrected chi connectivity index (χ1v) is 30.9. The number of carbonyl (C=O) groups excluding carboxylic acids is 2. The molecule has 6 aromatic rings. The van der Waals surface area contributed by atoms with Gasteiger partial charge in [0.15, 0.2) is 11.4 Å². The highest BCUT2D eigenvalue weighted by Gasteiger charge is 2.46. The first-order valence-electron chi connectivity index (χ1n) is 23.4. The molecule has 0 fully saturated rings. The summed E-state index contributed by atoms with van der Waals surface area (Å²) in [5.41, 5.74) is 6.66. The van der Waals surface area contributed by atoms with E-state index in [1.165, 1.54) is 5.56 Å². The number of aryl methyl sites for hydroxylation is 2. The van der Waals surface area contributed by atoms with Gasteiger partial charge >= 0.3 is 5.97 Å². The minimum atomic E-state index is -1.84. The van der Waals surface area contributed by atoms with Crippen LogP contribution in [0.5, 0.6) is 11.5 Å². The molecule has 0 unspecified atom stereocenters. The molecule has 3 N–H and O–H groups in total. The SMILES string of the molecule is C.CC[C@@]1(O)C(=O)CCc2c1cc1n(c2=O)Cc2c-1nc1ccc(OC)cc1c2CC[Si](C)(C)C.CC[C@@]1(O)C(=O)OCc2c1cc1n(c2=O)Cc2c-1nc1ccc(O)cc1c2CC[Si](C)(C)C. The van der Waals surface area contributed by atoms with Crippen molar-refractivity contribution in [3.63, 3.8) is 0 Å². The lowest BCUT2D eigenvalue weighted by atomic mass is 9.77. The highest BCUT2D eigenvalue weighted by atomic mass is 28.3. The normalized spacial score (nSPS) is 18.9. The standard InChI is InChI=1S/C27H32N2O4Si.C25H28N2O5Si.CH4/c1-6-27(32)21-14-23-25-20(15-29(23)26(31)18(21)8-10-24(27)30)17(11-12-34(3,4)5)19-13-16(33-2)7-9-22(19)28-25;1-5-25(31)19-11-21-22-17(12-27(21)23(29)18(19)13-32-24(25)30)15(8-9-33(2,3)4)16-10-14(28)6-7-20(16)26-22;/h7,9,13-14,32H,6,8,10-12,15H2,1-5H3;6-7,10-11,28,31H,5,8-9,12-13H2,1-4H3;1H4/t27-;25-;/m00./s1. The Morgan fingerprint density at radius 3 is 1.69 bits per heavy atom. The molecule has 1 aliphatic carbocycles. The van der Waals surface area contributed by atoms with Gasteiger partial charge in [-0.2, -0.15) is 0 Å². The maximum absolute atomic E-state index is 13.6. The maximum Gasteiger partial charge on any atom is 0.343 e. The number of fused-ring (bicyclic) bond motifs is 10. The van der Waals surface area contributed by atoms with Gasteiger partial charge in [-0.25, -0.2) is 14.8 Å². The van der Waals surface area contributed by atoms with Crippen LogP contribution in [0.4, 0.5) is 0 Å². The van der Waals surface area contributed by atoms with Crippen LogP contribution >= 0.6 is 0 Å². The van der Waals surface area contributed by atoms with E-state index < -0.39 is 33.3 Å². The molecule has 4 aromatic heterocycles. The van der Waals surface area contributed by atoms with Crippen LogP contribution in [0.3, 0.4) is 0 Å². The molecule has 3 aliphatic heterocycles. The number of ketones is 1. The van der Waals surface area contributed by atoms with Crippen molar-refractivity contribution in [1.29, 1.82) is 0 Å². The fraction of sp³-hybridized carbons (Fsp3) is 0.434. The van der Waals surface area contributed by atoms with Gasteiger partial charge in [0.25, 0.3) is 11.1 Å². The first kappa shape index (κ1) is 48.7. The Kier molecular flexibility index (Phi) is 12.4. The van der Waals surface area contributed by atoms with Crippen molar-refractivity contribution in [3.8, 4) is 34.3 Å². The molecule has 0 spiro atoms. The number of aliphatic hydroxyl groups is 2. The minimum absolute atomic E-state index is 0. The highest BCUT2D eigenvalue weighted by molar-refractivity contribution is 6.76. The third-order valence-electron chi connectivity index (χ3n) is 14.4. The summed E-state index contributed by atoms with van der Waals surface area (Å²) in [6, 6.07) is 16.9. The van der Waals surface area contributed by atoms with Crippen molar-refractivity contribution < 1.29 is 34.4 Å². The number of nitrogens with zero attached hydrogens (tertiary/aromatic N) is 4. The molecule has 0 saturated carbocycles. The lowest BCUT2D eigenvalue weighted by molar-refractivity contribution is -0.172. The number of phenols is 1. The van der Waals surface area contributed by atoms with Crippen molar-refractivity contribution in [3.05, 3.63) is 114 Å². The van der Waals surface area contributed by atoms with E-state index in [9.17, 15) is 34.5 Å². The molecule has 358 valence electrons.